The van der Waals surface area contributed by atoms with Crippen molar-refractivity contribution >= 4 is 17.3 Å². The summed E-state index contributed by atoms with van der Waals surface area (Å²) in [7, 11) is 3.18. The van der Waals surface area contributed by atoms with E-state index in [1.165, 1.54) is 0 Å². The number of hydrogen-bond acceptors (Lipinski definition) is 5. The average Bonchev–Trinajstić information content (AvgIpc) is 2.73. The minimum atomic E-state index is -0.227. The van der Waals surface area contributed by atoms with Crippen molar-refractivity contribution in [3.63, 3.8) is 0 Å². The highest BCUT2D eigenvalue weighted by Crippen LogP contribution is 2.31. The van der Waals surface area contributed by atoms with E-state index in [1.54, 1.807) is 32.5 Å². The average molecular weight is 363 g/mol. The van der Waals surface area contributed by atoms with Crippen LogP contribution in [0.3, 0.4) is 0 Å². The summed E-state index contributed by atoms with van der Waals surface area (Å²) >= 11 is 0. The molecule has 2 N–H and O–H groups in total. The lowest BCUT2D eigenvalue weighted by molar-refractivity contribution is 0.0946. The number of ether oxygens (including phenoxy) is 2. The van der Waals surface area contributed by atoms with Gasteiger partial charge >= 0.3 is 0 Å². The lowest BCUT2D eigenvalue weighted by Crippen LogP contribution is -2.23. The van der Waals surface area contributed by atoms with Crippen LogP contribution in [0.25, 0.3) is 0 Å². The van der Waals surface area contributed by atoms with E-state index in [1.807, 2.05) is 48.5 Å². The number of carbonyl (C=O) groups is 1. The summed E-state index contributed by atoms with van der Waals surface area (Å²) in [6.45, 7) is 0.453. The fraction of sp³-hybridized carbons (Fsp3) is 0.143. The molecule has 0 atom stereocenters. The van der Waals surface area contributed by atoms with Crippen molar-refractivity contribution in [2.45, 2.75) is 6.54 Å². The Bertz CT molecular complexity index is 914. The summed E-state index contributed by atoms with van der Waals surface area (Å²) in [6, 6.07) is 18.8. The van der Waals surface area contributed by atoms with Crippen molar-refractivity contribution in [3.05, 3.63) is 78.1 Å². The highest BCUT2D eigenvalue weighted by atomic mass is 16.5. The first-order valence-corrected chi connectivity index (χ1v) is 8.47. The Morgan fingerprint density at radius 3 is 2.41 bits per heavy atom. The van der Waals surface area contributed by atoms with E-state index >= 15 is 0 Å². The summed E-state index contributed by atoms with van der Waals surface area (Å²) in [4.78, 5) is 16.5. The second-order valence-electron chi connectivity index (χ2n) is 5.79. The Hall–Kier alpha value is -3.54. The van der Waals surface area contributed by atoms with Crippen molar-refractivity contribution in [2.75, 3.05) is 19.5 Å². The predicted molar refractivity (Wildman–Crippen MR) is 105 cm³/mol. The number of nitrogens with one attached hydrogen (secondary N) is 2. The molecule has 0 saturated heterocycles. The number of aromatic nitrogens is 1. The number of hydrogen-bond donors (Lipinski definition) is 2. The number of pyridine rings is 1. The van der Waals surface area contributed by atoms with Crippen molar-refractivity contribution in [3.8, 4) is 11.5 Å². The summed E-state index contributed by atoms with van der Waals surface area (Å²) in [6.07, 6.45) is 1.60. The summed E-state index contributed by atoms with van der Waals surface area (Å²) in [5.41, 5.74) is 2.94. The maximum Gasteiger partial charge on any atom is 0.270 e. The molecule has 138 valence electrons. The first-order valence-electron chi connectivity index (χ1n) is 8.47. The van der Waals surface area contributed by atoms with Crippen LogP contribution in [0.2, 0.25) is 0 Å². The van der Waals surface area contributed by atoms with Crippen LogP contribution in [-0.4, -0.2) is 25.1 Å². The Balaban J connectivity index is 1.69. The molecule has 0 bridgehead atoms. The third kappa shape index (κ3) is 4.76. The van der Waals surface area contributed by atoms with Gasteiger partial charge < -0.3 is 20.1 Å². The minimum Gasteiger partial charge on any atom is -0.493 e. The maximum atomic E-state index is 12.4. The van der Waals surface area contributed by atoms with Gasteiger partial charge in [-0.1, -0.05) is 30.3 Å². The van der Waals surface area contributed by atoms with Crippen molar-refractivity contribution in [1.29, 1.82) is 0 Å². The van der Waals surface area contributed by atoms with E-state index in [0.29, 0.717) is 23.7 Å². The molecule has 0 radical (unpaired) electrons. The van der Waals surface area contributed by atoms with Crippen LogP contribution < -0.4 is 20.1 Å². The first kappa shape index (κ1) is 18.3. The van der Waals surface area contributed by atoms with Crippen LogP contribution >= 0.6 is 0 Å². The molecule has 0 unspecified atom stereocenters. The molecule has 1 amide bonds. The lowest BCUT2D eigenvalue weighted by Gasteiger charge is -2.12. The molecule has 0 aliphatic carbocycles. The Labute approximate surface area is 158 Å². The quantitative estimate of drug-likeness (QED) is 0.668. The SMILES string of the molecule is COc1ccc(Nc2ccnc(C(=O)NCc3ccccc3)c2)cc1OC. The number of amides is 1. The molecule has 6 heteroatoms. The van der Waals surface area contributed by atoms with Crippen molar-refractivity contribution < 1.29 is 14.3 Å². The molecule has 0 fully saturated rings. The maximum absolute atomic E-state index is 12.4. The topological polar surface area (TPSA) is 72.5 Å². The van der Waals surface area contributed by atoms with Gasteiger partial charge in [0.05, 0.1) is 14.2 Å². The zero-order valence-electron chi connectivity index (χ0n) is 15.2. The van der Waals surface area contributed by atoms with Gasteiger partial charge in [-0.05, 0) is 29.8 Å². The minimum absolute atomic E-state index is 0.227. The highest BCUT2D eigenvalue weighted by molar-refractivity contribution is 5.93. The van der Waals surface area contributed by atoms with Crippen molar-refractivity contribution in [2.24, 2.45) is 0 Å². The monoisotopic (exact) mass is 363 g/mol. The molecule has 1 heterocycles. The van der Waals surface area contributed by atoms with Gasteiger partial charge in [0.15, 0.2) is 11.5 Å². The molecular formula is C21H21N3O3. The summed E-state index contributed by atoms with van der Waals surface area (Å²) < 4.78 is 10.5. The molecule has 6 nitrogen and oxygen atoms in total. The lowest BCUT2D eigenvalue weighted by atomic mass is 10.2. The van der Waals surface area contributed by atoms with Crippen LogP contribution in [0.1, 0.15) is 16.1 Å². The van der Waals surface area contributed by atoms with Gasteiger partial charge in [-0.2, -0.15) is 0 Å². The van der Waals surface area contributed by atoms with Gasteiger partial charge in [-0.25, -0.2) is 0 Å². The van der Waals surface area contributed by atoms with E-state index in [2.05, 4.69) is 15.6 Å². The van der Waals surface area contributed by atoms with Crippen LogP contribution in [0.15, 0.2) is 66.9 Å². The fourth-order valence-electron chi connectivity index (χ4n) is 2.58. The largest absolute Gasteiger partial charge is 0.493 e. The molecule has 3 rings (SSSR count). The van der Waals surface area contributed by atoms with Gasteiger partial charge in [-0.3, -0.25) is 9.78 Å². The standard InChI is InChI=1S/C21H21N3O3/c1-26-19-9-8-16(13-20(19)27-2)24-17-10-11-22-18(12-17)21(25)23-14-15-6-4-3-5-7-15/h3-13H,14H2,1-2H3,(H,22,24)(H,23,25). The number of methoxy groups -OCH3 is 2. The third-order valence-corrected chi connectivity index (χ3v) is 3.96. The molecule has 0 aliphatic heterocycles. The Morgan fingerprint density at radius 2 is 1.67 bits per heavy atom. The third-order valence-electron chi connectivity index (χ3n) is 3.96. The molecule has 3 aromatic rings. The smallest absolute Gasteiger partial charge is 0.270 e. The molecule has 2 aromatic carbocycles. The van der Waals surface area contributed by atoms with Crippen LogP contribution in [-0.2, 0) is 6.54 Å². The van der Waals surface area contributed by atoms with Gasteiger partial charge in [0.2, 0.25) is 0 Å². The number of carbonyl (C=O) groups excluding carboxylic acids is 1. The van der Waals surface area contributed by atoms with Gasteiger partial charge in [0, 0.05) is 30.2 Å². The molecule has 0 spiro atoms. The molecule has 0 saturated carbocycles. The second-order valence-corrected chi connectivity index (χ2v) is 5.79. The molecular weight excluding hydrogens is 342 g/mol. The zero-order chi connectivity index (χ0) is 19.1. The van der Waals surface area contributed by atoms with E-state index in [9.17, 15) is 4.79 Å². The molecule has 1 aromatic heterocycles. The Kier molecular flexibility index (Phi) is 5.89. The summed E-state index contributed by atoms with van der Waals surface area (Å²) in [5, 5.41) is 6.12. The number of benzene rings is 2. The molecule has 0 aliphatic rings. The van der Waals surface area contributed by atoms with E-state index in [0.717, 1.165) is 16.9 Å². The normalized spacial score (nSPS) is 10.1. The summed E-state index contributed by atoms with van der Waals surface area (Å²) in [5.74, 6) is 1.05. The second kappa shape index (κ2) is 8.71. The molecule has 27 heavy (non-hydrogen) atoms. The van der Waals surface area contributed by atoms with E-state index < -0.39 is 0 Å². The number of anilines is 2. The van der Waals surface area contributed by atoms with Crippen molar-refractivity contribution in [1.82, 2.24) is 10.3 Å². The van der Waals surface area contributed by atoms with Crippen LogP contribution in [0.4, 0.5) is 11.4 Å². The fourth-order valence-corrected chi connectivity index (χ4v) is 2.58. The zero-order valence-corrected chi connectivity index (χ0v) is 15.2. The van der Waals surface area contributed by atoms with Gasteiger partial charge in [0.1, 0.15) is 5.69 Å². The van der Waals surface area contributed by atoms with Crippen LogP contribution in [0, 0.1) is 0 Å². The van der Waals surface area contributed by atoms with Gasteiger partial charge in [0.25, 0.3) is 5.91 Å². The predicted octanol–water partition coefficient (Wildman–Crippen LogP) is 3.77. The van der Waals surface area contributed by atoms with Crippen LogP contribution in [0.5, 0.6) is 11.5 Å². The number of nitrogens with zero attached hydrogens (tertiary/aromatic N) is 1. The van der Waals surface area contributed by atoms with E-state index in [4.69, 9.17) is 9.47 Å². The number of rotatable bonds is 7. The Morgan fingerprint density at radius 1 is 0.926 bits per heavy atom. The van der Waals surface area contributed by atoms with Gasteiger partial charge in [-0.15, -0.1) is 0 Å². The highest BCUT2D eigenvalue weighted by Gasteiger charge is 2.09. The first-order chi connectivity index (χ1) is 13.2. The van der Waals surface area contributed by atoms with E-state index in [-0.39, 0.29) is 5.91 Å².